The van der Waals surface area contributed by atoms with Crippen LogP contribution in [0.1, 0.15) is 9.27 Å². The van der Waals surface area contributed by atoms with E-state index in [0.717, 1.165) is 12.2 Å². The zero-order valence-corrected chi connectivity index (χ0v) is 19.9. The van der Waals surface area contributed by atoms with E-state index >= 15 is 0 Å². The largest absolute Gasteiger partial charge is 1.00 e. The van der Waals surface area contributed by atoms with Gasteiger partial charge in [0.15, 0.2) is 6.10 Å². The van der Waals surface area contributed by atoms with Crippen molar-refractivity contribution in [3.05, 3.63) is 25.3 Å². The molecule has 0 aromatic carbocycles. The number of hydrogen-bond acceptors (Lipinski definition) is 7. The van der Waals surface area contributed by atoms with Crippen molar-refractivity contribution >= 4 is 23.9 Å². The van der Waals surface area contributed by atoms with Crippen LogP contribution >= 0.6 is 0 Å². The molecule has 0 bridgehead atoms. The van der Waals surface area contributed by atoms with Crippen LogP contribution in [0.3, 0.4) is 0 Å². The third-order valence-corrected chi connectivity index (χ3v) is 1.39. The second-order valence-corrected chi connectivity index (χ2v) is 2.91. The maximum Gasteiger partial charge on any atom is 1.00 e. The standard InChI is InChI=1S/C4H6O5.2C4H6O2.2K.2H/c5-2(4(8)9)1-3(6)7;2*1-3-4(5)6-2;;;;/h2,5H,1H2,(H,6,7)(H,8,9);2*3H,1H2,2H3;;;;/q;;;2*+1;2*-1. The zero-order chi connectivity index (χ0) is 17.4. The Kier molecular flexibility index (Phi) is 37.6. The fraction of sp³-hybridized carbons (Fsp3) is 0.333. The van der Waals surface area contributed by atoms with E-state index < -0.39 is 36.4 Å². The molecule has 1 atom stereocenters. The first-order valence-electron chi connectivity index (χ1n) is 5.19. The Bertz CT molecular complexity index is 373. The molecule has 124 valence electrons. The van der Waals surface area contributed by atoms with Crippen molar-refractivity contribution in [3.8, 4) is 0 Å². The number of aliphatic hydroxyl groups excluding tert-OH is 1. The summed E-state index contributed by atoms with van der Waals surface area (Å²) in [5.74, 6) is -3.63. The number of carbonyl (C=O) groups excluding carboxylic acids is 2. The van der Waals surface area contributed by atoms with Gasteiger partial charge in [0.05, 0.1) is 20.6 Å². The molecule has 23 heavy (non-hydrogen) atoms. The first-order chi connectivity index (χ1) is 9.65. The van der Waals surface area contributed by atoms with Crippen LogP contribution in [0.4, 0.5) is 0 Å². The van der Waals surface area contributed by atoms with Gasteiger partial charge in [-0.1, -0.05) is 13.2 Å². The molecule has 3 N–H and O–H groups in total. The summed E-state index contributed by atoms with van der Waals surface area (Å²) in [7, 11) is 2.62. The second kappa shape index (κ2) is 24.8. The predicted octanol–water partition coefficient (Wildman–Crippen LogP) is -6.17. The van der Waals surface area contributed by atoms with Crippen molar-refractivity contribution < 1.29 is 150 Å². The van der Waals surface area contributed by atoms with Crippen LogP contribution < -0.4 is 103 Å². The van der Waals surface area contributed by atoms with Crippen molar-refractivity contribution in [3.63, 3.8) is 0 Å². The summed E-state index contributed by atoms with van der Waals surface area (Å²) < 4.78 is 8.28. The molecule has 0 heterocycles. The number of aliphatic hydroxyl groups is 1. The van der Waals surface area contributed by atoms with E-state index in [1.54, 1.807) is 0 Å². The summed E-state index contributed by atoms with van der Waals surface area (Å²) in [4.78, 5) is 39.1. The molecule has 0 amide bonds. The molecule has 0 saturated heterocycles. The summed E-state index contributed by atoms with van der Waals surface area (Å²) in [6.07, 6.45) is -0.322. The van der Waals surface area contributed by atoms with Gasteiger partial charge >= 0.3 is 127 Å². The Morgan fingerprint density at radius 3 is 1.35 bits per heavy atom. The van der Waals surface area contributed by atoms with Gasteiger partial charge in [-0.25, -0.2) is 14.4 Å². The van der Waals surface area contributed by atoms with Crippen LogP contribution in [0.15, 0.2) is 25.3 Å². The number of ether oxygens (including phenoxy) is 2. The monoisotopic (exact) mass is 386 g/mol. The van der Waals surface area contributed by atoms with E-state index in [-0.39, 0.29) is 106 Å². The molecule has 0 aliphatic carbocycles. The van der Waals surface area contributed by atoms with Gasteiger partial charge < -0.3 is 27.6 Å². The first kappa shape index (κ1) is 34.8. The third-order valence-electron chi connectivity index (χ3n) is 1.39. The van der Waals surface area contributed by atoms with Gasteiger partial charge in [-0.2, -0.15) is 0 Å². The van der Waals surface area contributed by atoms with Gasteiger partial charge in [0, 0.05) is 12.2 Å². The van der Waals surface area contributed by atoms with E-state index in [2.05, 4.69) is 22.6 Å². The van der Waals surface area contributed by atoms with Gasteiger partial charge in [-0.05, 0) is 0 Å². The molecular formula is C12H20K2O9. The molecule has 9 nitrogen and oxygen atoms in total. The molecule has 0 aliphatic heterocycles. The fourth-order valence-electron chi connectivity index (χ4n) is 0.419. The number of carboxylic acid groups (broad SMARTS) is 2. The van der Waals surface area contributed by atoms with E-state index in [4.69, 9.17) is 15.3 Å². The van der Waals surface area contributed by atoms with Gasteiger partial charge in [0.1, 0.15) is 0 Å². The topological polar surface area (TPSA) is 147 Å². The molecule has 1 unspecified atom stereocenters. The van der Waals surface area contributed by atoms with Crippen LogP contribution in [-0.2, 0) is 28.7 Å². The molecule has 0 aliphatic rings. The Morgan fingerprint density at radius 1 is 1.00 bits per heavy atom. The summed E-state index contributed by atoms with van der Waals surface area (Å²) in [6, 6.07) is 0. The quantitative estimate of drug-likeness (QED) is 0.238. The Balaban J connectivity index is -0.0000000369. The van der Waals surface area contributed by atoms with Crippen molar-refractivity contribution in [2.24, 2.45) is 0 Å². The molecule has 0 aromatic rings. The molecule has 0 saturated carbocycles. The normalized spacial score (nSPS) is 8.48. The third kappa shape index (κ3) is 34.8. The molecule has 0 radical (unpaired) electrons. The zero-order valence-electron chi connectivity index (χ0n) is 15.6. The fourth-order valence-corrected chi connectivity index (χ4v) is 0.419. The molecule has 0 fully saturated rings. The predicted molar refractivity (Wildman–Crippen MR) is 72.5 cm³/mol. The maximum atomic E-state index is 9.84. The Hall–Kier alpha value is 0.593. The van der Waals surface area contributed by atoms with Crippen LogP contribution in [0.5, 0.6) is 0 Å². The van der Waals surface area contributed by atoms with Crippen LogP contribution in [-0.4, -0.2) is 59.5 Å². The van der Waals surface area contributed by atoms with Crippen molar-refractivity contribution in [1.29, 1.82) is 0 Å². The van der Waals surface area contributed by atoms with Crippen molar-refractivity contribution in [2.45, 2.75) is 12.5 Å². The molecular weight excluding hydrogens is 366 g/mol. The Morgan fingerprint density at radius 2 is 1.30 bits per heavy atom. The average Bonchev–Trinajstić information content (AvgIpc) is 2.45. The molecule has 11 heteroatoms. The minimum absolute atomic E-state index is 0. The second-order valence-electron chi connectivity index (χ2n) is 2.91. The van der Waals surface area contributed by atoms with E-state index in [1.807, 2.05) is 0 Å². The van der Waals surface area contributed by atoms with Crippen LogP contribution in [0.25, 0.3) is 0 Å². The average molecular weight is 386 g/mol. The first-order valence-corrected chi connectivity index (χ1v) is 5.19. The van der Waals surface area contributed by atoms with Crippen molar-refractivity contribution in [1.82, 2.24) is 0 Å². The number of aliphatic carboxylic acids is 2. The van der Waals surface area contributed by atoms with E-state index in [0.29, 0.717) is 0 Å². The summed E-state index contributed by atoms with van der Waals surface area (Å²) in [5.41, 5.74) is 0. The van der Waals surface area contributed by atoms with Gasteiger partial charge in [0.2, 0.25) is 0 Å². The Labute approximate surface area is 221 Å². The smallest absolute Gasteiger partial charge is 1.00 e. The van der Waals surface area contributed by atoms with Crippen LogP contribution in [0, 0.1) is 0 Å². The van der Waals surface area contributed by atoms with E-state index in [1.165, 1.54) is 14.2 Å². The summed E-state index contributed by atoms with van der Waals surface area (Å²) in [6.45, 7) is 6.31. The molecule has 0 spiro atoms. The number of methoxy groups -OCH3 is 2. The number of rotatable bonds is 5. The number of carbonyl (C=O) groups is 4. The van der Waals surface area contributed by atoms with Crippen molar-refractivity contribution in [2.75, 3.05) is 14.2 Å². The van der Waals surface area contributed by atoms with Gasteiger partial charge in [0.25, 0.3) is 0 Å². The van der Waals surface area contributed by atoms with Crippen LogP contribution in [0.2, 0.25) is 0 Å². The SMILES string of the molecule is C=CC(=O)OC.C=CC(=O)OC.O=C(O)CC(O)C(=O)O.[H-].[H-].[K+].[K+]. The number of carboxylic acids is 2. The molecule has 0 aromatic heterocycles. The summed E-state index contributed by atoms with van der Waals surface area (Å²) >= 11 is 0. The van der Waals surface area contributed by atoms with E-state index in [9.17, 15) is 19.2 Å². The number of hydrogen-bond donors (Lipinski definition) is 3. The number of esters is 2. The minimum Gasteiger partial charge on any atom is -1.00 e. The maximum absolute atomic E-state index is 9.84. The van der Waals surface area contributed by atoms with Gasteiger partial charge in [-0.15, -0.1) is 0 Å². The molecule has 0 rings (SSSR count). The summed E-state index contributed by atoms with van der Waals surface area (Å²) in [5, 5.41) is 24.1. The minimum atomic E-state index is -1.79. The van der Waals surface area contributed by atoms with Gasteiger partial charge in [-0.3, -0.25) is 4.79 Å².